The van der Waals surface area contributed by atoms with Crippen molar-refractivity contribution in [3.63, 3.8) is 0 Å². The Bertz CT molecular complexity index is 510. The molecule has 0 aliphatic rings. The molecule has 0 bridgehead atoms. The number of nitrogens with one attached hydrogen (secondary N) is 1. The Morgan fingerprint density at radius 2 is 1.91 bits per heavy atom. The Morgan fingerprint density at radius 1 is 1.30 bits per heavy atom. The summed E-state index contributed by atoms with van der Waals surface area (Å²) < 4.78 is 15.2. The molecule has 1 N–H and O–H groups in total. The average molecular weight is 453 g/mol. The highest BCUT2D eigenvalue weighted by molar-refractivity contribution is 14.1. The van der Waals surface area contributed by atoms with Crippen molar-refractivity contribution >= 4 is 30.9 Å². The number of aromatic nitrogens is 2. The van der Waals surface area contributed by atoms with Gasteiger partial charge < -0.3 is 14.5 Å². The minimum Gasteiger partial charge on any atom is -0.473 e. The lowest BCUT2D eigenvalue weighted by Gasteiger charge is -2.36. The largest absolute Gasteiger partial charge is 0.473 e. The van der Waals surface area contributed by atoms with Crippen LogP contribution in [0.25, 0.3) is 0 Å². The molecular formula is C16H32IN3O2Si. The summed E-state index contributed by atoms with van der Waals surface area (Å²) in [6.07, 6.45) is 0.123. The highest BCUT2D eigenvalue weighted by atomic mass is 127. The molecule has 23 heavy (non-hydrogen) atoms. The van der Waals surface area contributed by atoms with Crippen LogP contribution in [0.1, 0.15) is 40.3 Å². The normalized spacial score (nSPS) is 13.0. The van der Waals surface area contributed by atoms with Gasteiger partial charge in [-0.15, -0.1) is 5.10 Å². The van der Waals surface area contributed by atoms with Crippen molar-refractivity contribution in [3.05, 3.63) is 9.26 Å². The second-order valence-electron chi connectivity index (χ2n) is 7.59. The van der Waals surface area contributed by atoms with Gasteiger partial charge in [-0.1, -0.05) is 20.8 Å². The quantitative estimate of drug-likeness (QED) is 0.477. The molecule has 0 radical (unpaired) electrons. The van der Waals surface area contributed by atoms with Crippen LogP contribution in [0.5, 0.6) is 5.88 Å². The molecule has 0 amide bonds. The number of halogens is 1. The molecule has 0 saturated carbocycles. The van der Waals surface area contributed by atoms with Crippen molar-refractivity contribution in [3.8, 4) is 5.88 Å². The first-order chi connectivity index (χ1) is 10.5. The average Bonchev–Trinajstić information content (AvgIpc) is 2.66. The Hall–Kier alpha value is -0.123. The lowest BCUT2D eigenvalue weighted by molar-refractivity contribution is 0.224. The van der Waals surface area contributed by atoms with Gasteiger partial charge in [-0.25, -0.2) is 0 Å². The van der Waals surface area contributed by atoms with E-state index in [0.29, 0.717) is 6.61 Å². The predicted octanol–water partition coefficient (Wildman–Crippen LogP) is 4.02. The van der Waals surface area contributed by atoms with E-state index in [1.807, 2.05) is 25.6 Å². The van der Waals surface area contributed by atoms with Crippen LogP contribution in [-0.2, 0) is 17.5 Å². The van der Waals surface area contributed by atoms with Gasteiger partial charge in [-0.2, -0.15) is 0 Å². The molecule has 5 nitrogen and oxygen atoms in total. The first kappa shape index (κ1) is 20.9. The van der Waals surface area contributed by atoms with E-state index in [-0.39, 0.29) is 11.1 Å². The molecule has 0 aromatic carbocycles. The number of nitrogens with zero attached hydrogens (tertiary/aromatic N) is 2. The van der Waals surface area contributed by atoms with Gasteiger partial charge >= 0.3 is 0 Å². The fraction of sp³-hybridized carbons (Fsp3) is 0.812. The van der Waals surface area contributed by atoms with E-state index in [1.54, 1.807) is 0 Å². The van der Waals surface area contributed by atoms with E-state index in [9.17, 15) is 0 Å². The zero-order chi connectivity index (χ0) is 17.8. The van der Waals surface area contributed by atoms with Crippen LogP contribution < -0.4 is 10.1 Å². The molecule has 1 heterocycles. The van der Waals surface area contributed by atoms with Crippen LogP contribution in [0.4, 0.5) is 0 Å². The van der Waals surface area contributed by atoms with Crippen LogP contribution in [0.2, 0.25) is 18.1 Å². The van der Waals surface area contributed by atoms with Gasteiger partial charge in [0.15, 0.2) is 8.32 Å². The molecule has 1 aromatic heterocycles. The number of hydrogen-bond acceptors (Lipinski definition) is 4. The molecule has 0 fully saturated rings. The van der Waals surface area contributed by atoms with Gasteiger partial charge in [0.2, 0.25) is 5.88 Å². The van der Waals surface area contributed by atoms with Crippen LogP contribution in [-0.4, -0.2) is 37.9 Å². The van der Waals surface area contributed by atoms with Crippen molar-refractivity contribution in [1.29, 1.82) is 0 Å². The monoisotopic (exact) mass is 453 g/mol. The minimum absolute atomic E-state index is 0.123. The zero-order valence-electron chi connectivity index (χ0n) is 15.8. The Morgan fingerprint density at radius 3 is 2.39 bits per heavy atom. The Balaban J connectivity index is 2.83. The zero-order valence-corrected chi connectivity index (χ0v) is 18.9. The fourth-order valence-electron chi connectivity index (χ4n) is 1.87. The molecule has 1 rings (SSSR count). The number of rotatable bonds is 8. The smallest absolute Gasteiger partial charge is 0.246 e. The summed E-state index contributed by atoms with van der Waals surface area (Å²) in [5.41, 5.74) is 1.16. The summed E-state index contributed by atoms with van der Waals surface area (Å²) in [5.74, 6) is 0.721. The second kappa shape index (κ2) is 8.31. The van der Waals surface area contributed by atoms with Crippen molar-refractivity contribution in [2.45, 2.75) is 71.9 Å². The summed E-state index contributed by atoms with van der Waals surface area (Å²) in [6.45, 7) is 17.6. The van der Waals surface area contributed by atoms with E-state index in [1.165, 1.54) is 0 Å². The van der Waals surface area contributed by atoms with Crippen molar-refractivity contribution in [1.82, 2.24) is 15.1 Å². The highest BCUT2D eigenvalue weighted by Crippen LogP contribution is 2.36. The molecule has 0 atom stereocenters. The molecule has 0 unspecified atom stereocenters. The van der Waals surface area contributed by atoms with E-state index >= 15 is 0 Å². The van der Waals surface area contributed by atoms with Gasteiger partial charge in [0.25, 0.3) is 0 Å². The van der Waals surface area contributed by atoms with E-state index in [0.717, 1.165) is 28.2 Å². The lowest BCUT2D eigenvalue weighted by atomic mass is 10.2. The highest BCUT2D eigenvalue weighted by Gasteiger charge is 2.37. The van der Waals surface area contributed by atoms with E-state index in [4.69, 9.17) is 9.16 Å². The number of ether oxygens (including phenoxy) is 1. The molecule has 134 valence electrons. The third-order valence-corrected chi connectivity index (χ3v) is 9.85. The summed E-state index contributed by atoms with van der Waals surface area (Å²) in [4.78, 5) is 0. The maximum Gasteiger partial charge on any atom is 0.246 e. The first-order valence-corrected chi connectivity index (χ1v) is 12.2. The van der Waals surface area contributed by atoms with Gasteiger partial charge in [0.05, 0.1) is 28.5 Å². The van der Waals surface area contributed by atoms with Gasteiger partial charge in [-0.3, -0.25) is 4.68 Å². The first-order valence-electron chi connectivity index (χ1n) is 8.20. The van der Waals surface area contributed by atoms with Crippen LogP contribution >= 0.6 is 22.6 Å². The van der Waals surface area contributed by atoms with Crippen LogP contribution in [0.15, 0.2) is 0 Å². The van der Waals surface area contributed by atoms with Crippen LogP contribution in [0.3, 0.4) is 0 Å². The minimum atomic E-state index is -1.72. The summed E-state index contributed by atoms with van der Waals surface area (Å²) >= 11 is 2.32. The van der Waals surface area contributed by atoms with Crippen molar-refractivity contribution < 1.29 is 9.16 Å². The molecular weight excluding hydrogens is 421 g/mol. The third-order valence-electron chi connectivity index (χ3n) is 4.23. The fourth-order valence-corrected chi connectivity index (χ4v) is 3.61. The maximum absolute atomic E-state index is 6.28. The molecule has 0 saturated heterocycles. The molecule has 1 aromatic rings. The van der Waals surface area contributed by atoms with Crippen LogP contribution in [0, 0.1) is 3.57 Å². The number of hydrogen-bond donors (Lipinski definition) is 1. The topological polar surface area (TPSA) is 48.3 Å². The Labute approximate surface area is 155 Å². The third kappa shape index (κ3) is 5.72. The molecule has 0 aliphatic carbocycles. The summed E-state index contributed by atoms with van der Waals surface area (Å²) in [7, 11) is 0.229. The molecule has 0 aliphatic heterocycles. The van der Waals surface area contributed by atoms with Gasteiger partial charge in [-0.05, 0) is 61.6 Å². The molecule has 7 heteroatoms. The van der Waals surface area contributed by atoms with Gasteiger partial charge in [0.1, 0.15) is 0 Å². The summed E-state index contributed by atoms with van der Waals surface area (Å²) in [6, 6.07) is 0. The van der Waals surface area contributed by atoms with E-state index in [2.05, 4.69) is 66.9 Å². The Kier molecular flexibility index (Phi) is 7.56. The van der Waals surface area contributed by atoms with Crippen molar-refractivity contribution in [2.24, 2.45) is 0 Å². The van der Waals surface area contributed by atoms with Crippen molar-refractivity contribution in [2.75, 3.05) is 13.7 Å². The maximum atomic E-state index is 6.28. The van der Waals surface area contributed by atoms with E-state index < -0.39 is 8.32 Å². The summed E-state index contributed by atoms with van der Waals surface area (Å²) in [5, 5.41) is 8.07. The van der Waals surface area contributed by atoms with Gasteiger partial charge in [0, 0.05) is 6.54 Å². The molecule has 0 spiro atoms. The predicted molar refractivity (Wildman–Crippen MR) is 107 cm³/mol. The second-order valence-corrected chi connectivity index (χ2v) is 13.5. The lowest BCUT2D eigenvalue weighted by Crippen LogP contribution is -2.41. The SMILES string of the molecule is CNCc1c(I)c(OC(C)C)nn1CCO[Si](C)(C)C(C)(C)C. The standard InChI is InChI=1S/C16H32IN3O2Si/c1-12(2)22-15-14(17)13(11-18-6)20(19-15)9-10-21-23(7,8)16(3,4)5/h12,18H,9-11H2,1-8H3.